The lowest BCUT2D eigenvalue weighted by molar-refractivity contribution is -0.146. The number of anilines is 1. The molecule has 2 aromatic carbocycles. The van der Waals surface area contributed by atoms with Crippen molar-refractivity contribution in [2.75, 3.05) is 19.0 Å². The quantitative estimate of drug-likeness (QED) is 0.732. The number of amides is 1. The summed E-state index contributed by atoms with van der Waals surface area (Å²) in [6.07, 6.45) is 0.106. The molecule has 0 radical (unpaired) electrons. The second-order valence-electron chi connectivity index (χ2n) is 4.86. The Morgan fingerprint density at radius 3 is 2.50 bits per heavy atom. The Bertz CT molecular complexity index is 734. The minimum absolute atomic E-state index is 0.106. The van der Waals surface area contributed by atoms with Gasteiger partial charge in [-0.1, -0.05) is 39.7 Å². The maximum atomic E-state index is 11.8. The van der Waals surface area contributed by atoms with E-state index in [1.165, 1.54) is 7.11 Å². The third-order valence-corrected chi connectivity index (χ3v) is 3.89. The molecular formula is C17H15BrClNO4. The summed E-state index contributed by atoms with van der Waals surface area (Å²) < 4.78 is 10.9. The van der Waals surface area contributed by atoms with E-state index in [0.717, 1.165) is 10.0 Å². The Morgan fingerprint density at radius 1 is 1.17 bits per heavy atom. The number of esters is 1. The van der Waals surface area contributed by atoms with E-state index in [9.17, 15) is 9.59 Å². The highest BCUT2D eigenvalue weighted by Gasteiger charge is 2.10. The van der Waals surface area contributed by atoms with E-state index < -0.39 is 11.9 Å². The fourth-order valence-corrected chi connectivity index (χ4v) is 2.43. The summed E-state index contributed by atoms with van der Waals surface area (Å²) in [5.41, 5.74) is 1.31. The van der Waals surface area contributed by atoms with E-state index in [0.29, 0.717) is 16.5 Å². The topological polar surface area (TPSA) is 64.6 Å². The number of ether oxygens (including phenoxy) is 2. The van der Waals surface area contributed by atoms with Gasteiger partial charge in [0.1, 0.15) is 5.75 Å². The molecule has 0 bridgehead atoms. The molecule has 0 fully saturated rings. The van der Waals surface area contributed by atoms with Crippen LogP contribution in [0.15, 0.2) is 46.9 Å². The molecule has 0 spiro atoms. The van der Waals surface area contributed by atoms with Gasteiger partial charge in [0.05, 0.1) is 18.6 Å². The number of carbonyl (C=O) groups excluding carboxylic acids is 2. The summed E-state index contributed by atoms with van der Waals surface area (Å²) in [5.74, 6) is -0.406. The number of methoxy groups -OCH3 is 1. The maximum absolute atomic E-state index is 11.8. The lowest BCUT2D eigenvalue weighted by Gasteiger charge is -2.09. The smallest absolute Gasteiger partial charge is 0.310 e. The van der Waals surface area contributed by atoms with Gasteiger partial charge in [0.25, 0.3) is 5.91 Å². The van der Waals surface area contributed by atoms with Gasteiger partial charge in [-0.15, -0.1) is 0 Å². The Morgan fingerprint density at radius 2 is 1.88 bits per heavy atom. The van der Waals surface area contributed by atoms with Crippen LogP contribution in [0, 0.1) is 0 Å². The van der Waals surface area contributed by atoms with Crippen LogP contribution < -0.4 is 10.1 Å². The van der Waals surface area contributed by atoms with Crippen molar-refractivity contribution >= 4 is 45.1 Å². The van der Waals surface area contributed by atoms with Crippen molar-refractivity contribution in [3.8, 4) is 5.75 Å². The van der Waals surface area contributed by atoms with E-state index >= 15 is 0 Å². The predicted molar refractivity (Wildman–Crippen MR) is 95.4 cm³/mol. The zero-order chi connectivity index (χ0) is 17.5. The van der Waals surface area contributed by atoms with E-state index in [2.05, 4.69) is 21.2 Å². The van der Waals surface area contributed by atoms with Gasteiger partial charge in [-0.2, -0.15) is 0 Å². The lowest BCUT2D eigenvalue weighted by atomic mass is 10.2. The number of benzene rings is 2. The van der Waals surface area contributed by atoms with Crippen LogP contribution in [0.1, 0.15) is 5.56 Å². The first kappa shape index (κ1) is 18.3. The molecule has 0 saturated carbocycles. The minimum Gasteiger partial charge on any atom is -0.495 e. The van der Waals surface area contributed by atoms with Gasteiger partial charge < -0.3 is 14.8 Å². The van der Waals surface area contributed by atoms with E-state index in [1.54, 1.807) is 18.2 Å². The number of rotatable bonds is 6. The van der Waals surface area contributed by atoms with Crippen LogP contribution in [0.3, 0.4) is 0 Å². The molecule has 0 aliphatic rings. The van der Waals surface area contributed by atoms with Gasteiger partial charge in [-0.25, -0.2) is 0 Å². The summed E-state index contributed by atoms with van der Waals surface area (Å²) >= 11 is 9.30. The summed E-state index contributed by atoms with van der Waals surface area (Å²) in [6, 6.07) is 12.1. The van der Waals surface area contributed by atoms with Gasteiger partial charge in [-0.05, 0) is 35.9 Å². The molecule has 24 heavy (non-hydrogen) atoms. The minimum atomic E-state index is -0.472. The first-order chi connectivity index (χ1) is 11.5. The molecule has 0 saturated heterocycles. The Balaban J connectivity index is 1.81. The van der Waals surface area contributed by atoms with Crippen LogP contribution in [0.2, 0.25) is 5.02 Å². The molecule has 2 aromatic rings. The fourth-order valence-electron chi connectivity index (χ4n) is 1.91. The molecule has 0 atom stereocenters. The fraction of sp³-hybridized carbons (Fsp3) is 0.176. The van der Waals surface area contributed by atoms with Crippen LogP contribution >= 0.6 is 27.5 Å². The molecule has 5 nitrogen and oxygen atoms in total. The van der Waals surface area contributed by atoms with Crippen molar-refractivity contribution in [1.29, 1.82) is 0 Å². The third kappa shape index (κ3) is 5.54. The molecule has 2 rings (SSSR count). The molecule has 0 aromatic heterocycles. The molecule has 0 unspecified atom stereocenters. The van der Waals surface area contributed by atoms with Gasteiger partial charge in [0, 0.05) is 10.2 Å². The number of carbonyl (C=O) groups is 2. The van der Waals surface area contributed by atoms with Crippen LogP contribution in [0.4, 0.5) is 5.69 Å². The zero-order valence-electron chi connectivity index (χ0n) is 12.8. The first-order valence-corrected chi connectivity index (χ1v) is 8.18. The van der Waals surface area contributed by atoms with E-state index in [4.69, 9.17) is 21.1 Å². The number of nitrogens with one attached hydrogen (secondary N) is 1. The van der Waals surface area contributed by atoms with E-state index in [1.807, 2.05) is 24.3 Å². The van der Waals surface area contributed by atoms with Crippen LogP contribution in [-0.4, -0.2) is 25.6 Å². The SMILES string of the molecule is COc1ccc(NC(=O)COC(=O)Cc2ccc(Br)cc2)cc1Cl. The van der Waals surface area contributed by atoms with Crippen molar-refractivity contribution in [2.24, 2.45) is 0 Å². The van der Waals surface area contributed by atoms with Gasteiger partial charge in [0.15, 0.2) is 6.61 Å². The largest absolute Gasteiger partial charge is 0.495 e. The number of hydrogen-bond donors (Lipinski definition) is 1. The molecule has 0 heterocycles. The van der Waals surface area contributed by atoms with Gasteiger partial charge >= 0.3 is 5.97 Å². The lowest BCUT2D eigenvalue weighted by Crippen LogP contribution is -2.21. The third-order valence-electron chi connectivity index (χ3n) is 3.06. The molecule has 1 amide bonds. The van der Waals surface area contributed by atoms with Crippen molar-refractivity contribution < 1.29 is 19.1 Å². The second kappa shape index (κ2) is 8.70. The van der Waals surface area contributed by atoms with E-state index in [-0.39, 0.29) is 13.0 Å². The average molecular weight is 413 g/mol. The maximum Gasteiger partial charge on any atom is 0.310 e. The second-order valence-corrected chi connectivity index (χ2v) is 6.18. The number of hydrogen-bond acceptors (Lipinski definition) is 4. The number of halogens is 2. The molecule has 1 N–H and O–H groups in total. The highest BCUT2D eigenvalue weighted by molar-refractivity contribution is 9.10. The normalized spacial score (nSPS) is 10.1. The molecular weight excluding hydrogens is 398 g/mol. The molecule has 126 valence electrons. The van der Waals surface area contributed by atoms with Crippen molar-refractivity contribution in [1.82, 2.24) is 0 Å². The highest BCUT2D eigenvalue weighted by Crippen LogP contribution is 2.27. The zero-order valence-corrected chi connectivity index (χ0v) is 15.2. The predicted octanol–water partition coefficient (Wildman–Crippen LogP) is 3.84. The van der Waals surface area contributed by atoms with Crippen molar-refractivity contribution in [3.63, 3.8) is 0 Å². The summed E-state index contributed by atoms with van der Waals surface area (Å²) in [4.78, 5) is 23.6. The Kier molecular flexibility index (Phi) is 6.63. The van der Waals surface area contributed by atoms with Crippen LogP contribution in [0.25, 0.3) is 0 Å². The highest BCUT2D eigenvalue weighted by atomic mass is 79.9. The standard InChI is InChI=1S/C17H15BrClNO4/c1-23-15-7-6-13(9-14(15)19)20-16(21)10-24-17(22)8-11-2-4-12(18)5-3-11/h2-7,9H,8,10H2,1H3,(H,20,21). The monoisotopic (exact) mass is 411 g/mol. The Hall–Kier alpha value is -2.05. The average Bonchev–Trinajstić information content (AvgIpc) is 2.55. The van der Waals surface area contributed by atoms with Crippen LogP contribution in [0.5, 0.6) is 5.75 Å². The van der Waals surface area contributed by atoms with Gasteiger partial charge in [-0.3, -0.25) is 9.59 Å². The summed E-state index contributed by atoms with van der Waals surface area (Å²) in [6.45, 7) is -0.362. The first-order valence-electron chi connectivity index (χ1n) is 7.01. The summed E-state index contributed by atoms with van der Waals surface area (Å²) in [5, 5.41) is 2.98. The van der Waals surface area contributed by atoms with Crippen molar-refractivity contribution in [2.45, 2.75) is 6.42 Å². The Labute approximate surface area is 153 Å². The van der Waals surface area contributed by atoms with Gasteiger partial charge in [0.2, 0.25) is 0 Å². The van der Waals surface area contributed by atoms with Crippen molar-refractivity contribution in [3.05, 3.63) is 57.5 Å². The molecule has 0 aliphatic heterocycles. The molecule has 0 aliphatic carbocycles. The van der Waals surface area contributed by atoms with Crippen LogP contribution in [-0.2, 0) is 20.7 Å². The summed E-state index contributed by atoms with van der Waals surface area (Å²) in [7, 11) is 1.50. The molecule has 7 heteroatoms.